The summed E-state index contributed by atoms with van der Waals surface area (Å²) in [6.07, 6.45) is -1.48. The minimum absolute atomic E-state index is 0.147. The molecule has 0 radical (unpaired) electrons. The SMILES string of the molecule is O=CC(=O)NC1CCCC(Oc2ccc(C(F)(F)F)cc2)C1. The molecule has 1 N–H and O–H groups in total. The fourth-order valence-electron chi connectivity index (χ4n) is 2.53. The van der Waals surface area contributed by atoms with Crippen molar-refractivity contribution in [3.63, 3.8) is 0 Å². The van der Waals surface area contributed by atoms with E-state index in [0.29, 0.717) is 12.2 Å². The molecule has 1 aliphatic rings. The number of benzene rings is 1. The van der Waals surface area contributed by atoms with E-state index in [1.807, 2.05) is 0 Å². The normalized spacial score (nSPS) is 22.0. The van der Waals surface area contributed by atoms with Gasteiger partial charge in [0.05, 0.1) is 5.56 Å². The summed E-state index contributed by atoms with van der Waals surface area (Å²) in [6.45, 7) is 0. The van der Waals surface area contributed by atoms with E-state index in [1.165, 1.54) is 12.1 Å². The Morgan fingerprint density at radius 3 is 2.50 bits per heavy atom. The summed E-state index contributed by atoms with van der Waals surface area (Å²) in [7, 11) is 0. The molecule has 4 nitrogen and oxygen atoms in total. The Morgan fingerprint density at radius 1 is 1.23 bits per heavy atom. The first kappa shape index (κ1) is 16.3. The summed E-state index contributed by atoms with van der Waals surface area (Å²) in [5.74, 6) is -0.305. The summed E-state index contributed by atoms with van der Waals surface area (Å²) in [6, 6.07) is 4.38. The number of alkyl halides is 3. The van der Waals surface area contributed by atoms with Crippen molar-refractivity contribution in [3.8, 4) is 5.75 Å². The average Bonchev–Trinajstić information content (AvgIpc) is 2.47. The lowest BCUT2D eigenvalue weighted by molar-refractivity contribution is -0.137. The largest absolute Gasteiger partial charge is 0.490 e. The number of nitrogens with one attached hydrogen (secondary N) is 1. The van der Waals surface area contributed by atoms with Gasteiger partial charge in [0.2, 0.25) is 6.29 Å². The van der Waals surface area contributed by atoms with Crippen molar-refractivity contribution in [1.82, 2.24) is 5.32 Å². The maximum atomic E-state index is 12.5. The van der Waals surface area contributed by atoms with Crippen LogP contribution in [0.3, 0.4) is 0 Å². The van der Waals surface area contributed by atoms with E-state index in [-0.39, 0.29) is 18.4 Å². The average molecular weight is 315 g/mol. The van der Waals surface area contributed by atoms with Gasteiger partial charge in [-0.15, -0.1) is 0 Å². The van der Waals surface area contributed by atoms with E-state index in [0.717, 1.165) is 31.4 Å². The van der Waals surface area contributed by atoms with Gasteiger partial charge in [0.15, 0.2) is 0 Å². The zero-order valence-electron chi connectivity index (χ0n) is 11.7. The highest BCUT2D eigenvalue weighted by Crippen LogP contribution is 2.31. The van der Waals surface area contributed by atoms with Crippen LogP contribution < -0.4 is 10.1 Å². The van der Waals surface area contributed by atoms with Crippen LogP contribution >= 0.6 is 0 Å². The number of carbonyl (C=O) groups is 2. The first-order valence-corrected chi connectivity index (χ1v) is 6.98. The molecule has 0 aromatic heterocycles. The Labute approximate surface area is 125 Å². The van der Waals surface area contributed by atoms with Gasteiger partial charge in [0.1, 0.15) is 11.9 Å². The van der Waals surface area contributed by atoms with E-state index in [4.69, 9.17) is 4.74 Å². The Balaban J connectivity index is 1.92. The molecule has 1 fully saturated rings. The van der Waals surface area contributed by atoms with E-state index in [1.54, 1.807) is 0 Å². The molecule has 1 saturated carbocycles. The second kappa shape index (κ2) is 6.81. The second-order valence-electron chi connectivity index (χ2n) is 5.25. The van der Waals surface area contributed by atoms with Crippen LogP contribution in [0.2, 0.25) is 0 Å². The third kappa shape index (κ3) is 4.47. The first-order valence-electron chi connectivity index (χ1n) is 6.98. The van der Waals surface area contributed by atoms with Gasteiger partial charge in [-0.2, -0.15) is 13.2 Å². The lowest BCUT2D eigenvalue weighted by atomic mass is 9.92. The Bertz CT molecular complexity index is 528. The zero-order chi connectivity index (χ0) is 16.2. The minimum atomic E-state index is -4.37. The van der Waals surface area contributed by atoms with Gasteiger partial charge in [-0.3, -0.25) is 9.59 Å². The molecule has 1 aromatic carbocycles. The maximum absolute atomic E-state index is 12.5. The molecule has 7 heteroatoms. The number of ether oxygens (including phenoxy) is 1. The monoisotopic (exact) mass is 315 g/mol. The second-order valence-corrected chi connectivity index (χ2v) is 5.25. The highest BCUT2D eigenvalue weighted by molar-refractivity contribution is 6.23. The van der Waals surface area contributed by atoms with Crippen LogP contribution in [0.1, 0.15) is 31.2 Å². The lowest BCUT2D eigenvalue weighted by Crippen LogP contribution is -2.41. The third-order valence-corrected chi connectivity index (χ3v) is 3.56. The number of halogens is 3. The maximum Gasteiger partial charge on any atom is 0.416 e. The number of hydrogen-bond donors (Lipinski definition) is 1. The van der Waals surface area contributed by atoms with Crippen LogP contribution in [-0.4, -0.2) is 24.3 Å². The van der Waals surface area contributed by atoms with Crippen molar-refractivity contribution in [1.29, 1.82) is 0 Å². The topological polar surface area (TPSA) is 55.4 Å². The summed E-state index contributed by atoms with van der Waals surface area (Å²) >= 11 is 0. The van der Waals surface area contributed by atoms with E-state index in [9.17, 15) is 22.8 Å². The number of hydrogen-bond acceptors (Lipinski definition) is 3. The van der Waals surface area contributed by atoms with Crippen molar-refractivity contribution < 1.29 is 27.5 Å². The highest BCUT2D eigenvalue weighted by Gasteiger charge is 2.30. The quantitative estimate of drug-likeness (QED) is 0.686. The molecule has 0 spiro atoms. The van der Waals surface area contributed by atoms with Crippen LogP contribution in [0.4, 0.5) is 13.2 Å². The van der Waals surface area contributed by atoms with Gasteiger partial charge in [-0.05, 0) is 43.5 Å². The van der Waals surface area contributed by atoms with Gasteiger partial charge < -0.3 is 10.1 Å². The van der Waals surface area contributed by atoms with Gasteiger partial charge in [0, 0.05) is 12.5 Å². The molecule has 1 aromatic rings. The molecule has 0 heterocycles. The molecule has 0 saturated heterocycles. The fourth-order valence-corrected chi connectivity index (χ4v) is 2.53. The van der Waals surface area contributed by atoms with Crippen LogP contribution in [0.5, 0.6) is 5.75 Å². The van der Waals surface area contributed by atoms with Crippen molar-refractivity contribution in [2.45, 2.75) is 44.0 Å². The number of carbonyl (C=O) groups excluding carboxylic acids is 2. The fraction of sp³-hybridized carbons (Fsp3) is 0.467. The predicted molar refractivity (Wildman–Crippen MR) is 72.3 cm³/mol. The Hall–Kier alpha value is -2.05. The molecule has 1 aliphatic carbocycles. The number of amides is 1. The van der Waals surface area contributed by atoms with Gasteiger partial charge in [0.25, 0.3) is 5.91 Å². The van der Waals surface area contributed by atoms with Crippen molar-refractivity contribution in [2.24, 2.45) is 0 Å². The van der Waals surface area contributed by atoms with Gasteiger partial charge in [-0.1, -0.05) is 0 Å². The van der Waals surface area contributed by atoms with E-state index in [2.05, 4.69) is 5.32 Å². The first-order chi connectivity index (χ1) is 10.4. The van der Waals surface area contributed by atoms with E-state index >= 15 is 0 Å². The molecule has 2 unspecified atom stereocenters. The Kier molecular flexibility index (Phi) is 5.05. The molecule has 120 valence electrons. The summed E-state index contributed by atoms with van der Waals surface area (Å²) in [4.78, 5) is 21.4. The van der Waals surface area contributed by atoms with Gasteiger partial charge in [-0.25, -0.2) is 0 Å². The summed E-state index contributed by atoms with van der Waals surface area (Å²) in [5, 5.41) is 2.58. The smallest absolute Gasteiger partial charge is 0.416 e. The van der Waals surface area contributed by atoms with Crippen molar-refractivity contribution in [2.75, 3.05) is 0 Å². The summed E-state index contributed by atoms with van der Waals surface area (Å²) < 4.78 is 43.1. The molecular weight excluding hydrogens is 299 g/mol. The number of aldehydes is 1. The molecule has 2 atom stereocenters. The molecule has 0 aliphatic heterocycles. The standard InChI is InChI=1S/C15H16F3NO3/c16-15(17,18)10-4-6-12(7-5-10)22-13-3-1-2-11(8-13)19-14(21)9-20/h4-7,9,11,13H,1-3,8H2,(H,19,21). The Morgan fingerprint density at radius 2 is 1.91 bits per heavy atom. The van der Waals surface area contributed by atoms with Crippen LogP contribution in [0.15, 0.2) is 24.3 Å². The van der Waals surface area contributed by atoms with Gasteiger partial charge >= 0.3 is 6.18 Å². The number of rotatable bonds is 4. The summed E-state index contributed by atoms with van der Waals surface area (Å²) in [5.41, 5.74) is -0.723. The highest BCUT2D eigenvalue weighted by atomic mass is 19.4. The molecular formula is C15H16F3NO3. The third-order valence-electron chi connectivity index (χ3n) is 3.56. The van der Waals surface area contributed by atoms with Crippen molar-refractivity contribution >= 4 is 12.2 Å². The van der Waals surface area contributed by atoms with Crippen LogP contribution in [0.25, 0.3) is 0 Å². The van der Waals surface area contributed by atoms with Crippen LogP contribution in [-0.2, 0) is 15.8 Å². The lowest BCUT2D eigenvalue weighted by Gasteiger charge is -2.29. The van der Waals surface area contributed by atoms with E-state index < -0.39 is 17.6 Å². The zero-order valence-corrected chi connectivity index (χ0v) is 11.7. The van der Waals surface area contributed by atoms with Crippen molar-refractivity contribution in [3.05, 3.63) is 29.8 Å². The van der Waals surface area contributed by atoms with Crippen LogP contribution in [0, 0.1) is 0 Å². The molecule has 0 bridgehead atoms. The minimum Gasteiger partial charge on any atom is -0.490 e. The molecule has 1 amide bonds. The predicted octanol–water partition coefficient (Wildman–Crippen LogP) is 2.71. The molecule has 22 heavy (non-hydrogen) atoms. The molecule has 2 rings (SSSR count).